The molecule has 0 atom stereocenters. The van der Waals surface area contributed by atoms with Gasteiger partial charge >= 0.3 is 0 Å². The Hall–Kier alpha value is -3.33. The molecule has 3 heteroatoms. The molecule has 1 aromatic heterocycles. The van der Waals surface area contributed by atoms with E-state index in [-0.39, 0.29) is 11.2 Å². The Labute approximate surface area is 157 Å². The lowest BCUT2D eigenvalue weighted by atomic mass is 10.1. The van der Waals surface area contributed by atoms with Gasteiger partial charge in [-0.1, -0.05) is 66.2 Å². The van der Waals surface area contributed by atoms with Gasteiger partial charge in [-0.15, -0.1) is 0 Å². The van der Waals surface area contributed by atoms with E-state index in [0.717, 1.165) is 22.3 Å². The molecule has 0 fully saturated rings. The van der Waals surface area contributed by atoms with Crippen molar-refractivity contribution in [2.24, 2.45) is 0 Å². The van der Waals surface area contributed by atoms with E-state index in [0.29, 0.717) is 23.3 Å². The van der Waals surface area contributed by atoms with Crippen LogP contribution in [0.1, 0.15) is 16.7 Å². The van der Waals surface area contributed by atoms with Crippen LogP contribution >= 0.6 is 0 Å². The maximum atomic E-state index is 13.1. The average Bonchev–Trinajstić information content (AvgIpc) is 2.67. The molecule has 4 aromatic rings. The van der Waals surface area contributed by atoms with Gasteiger partial charge in [0.1, 0.15) is 12.2 Å². The second kappa shape index (κ2) is 7.12. The van der Waals surface area contributed by atoms with E-state index >= 15 is 0 Å². The number of aryl methyl sites for hydroxylation is 2. The first-order valence-corrected chi connectivity index (χ1v) is 8.93. The van der Waals surface area contributed by atoms with Crippen LogP contribution in [0, 0.1) is 13.8 Å². The normalized spacial score (nSPS) is 10.9. The van der Waals surface area contributed by atoms with Crippen LogP contribution < -0.4 is 10.2 Å². The second-order valence-corrected chi connectivity index (χ2v) is 6.73. The molecule has 0 aliphatic heterocycles. The third-order valence-corrected chi connectivity index (χ3v) is 4.51. The smallest absolute Gasteiger partial charge is 0.235 e. The lowest BCUT2D eigenvalue weighted by molar-refractivity contribution is 0.298. The zero-order valence-electron chi connectivity index (χ0n) is 15.4. The summed E-state index contributed by atoms with van der Waals surface area (Å²) >= 11 is 0. The molecule has 0 aliphatic carbocycles. The Balaban J connectivity index is 1.85. The Morgan fingerprint density at radius 3 is 2.41 bits per heavy atom. The van der Waals surface area contributed by atoms with E-state index in [1.54, 1.807) is 6.07 Å². The molecule has 0 N–H and O–H groups in total. The molecule has 0 bridgehead atoms. The quantitative estimate of drug-likeness (QED) is 0.474. The minimum Gasteiger partial charge on any atom is -0.481 e. The van der Waals surface area contributed by atoms with Crippen molar-refractivity contribution in [2.75, 3.05) is 0 Å². The molecule has 27 heavy (non-hydrogen) atoms. The molecule has 3 aromatic carbocycles. The maximum Gasteiger partial charge on any atom is 0.235 e. The molecule has 134 valence electrons. The van der Waals surface area contributed by atoms with Crippen molar-refractivity contribution < 1.29 is 9.15 Å². The van der Waals surface area contributed by atoms with Gasteiger partial charge in [-0.25, -0.2) is 0 Å². The first-order chi connectivity index (χ1) is 13.1. The molecular weight excluding hydrogens is 336 g/mol. The summed E-state index contributed by atoms with van der Waals surface area (Å²) in [6.07, 6.45) is 0. The lowest BCUT2D eigenvalue weighted by Gasteiger charge is -2.12. The minimum absolute atomic E-state index is 0.150. The summed E-state index contributed by atoms with van der Waals surface area (Å²) in [7, 11) is 0. The zero-order valence-corrected chi connectivity index (χ0v) is 15.4. The van der Waals surface area contributed by atoms with Gasteiger partial charge in [0.15, 0.2) is 5.76 Å². The molecule has 0 saturated carbocycles. The van der Waals surface area contributed by atoms with Crippen LogP contribution in [0.4, 0.5) is 0 Å². The Morgan fingerprint density at radius 1 is 0.852 bits per heavy atom. The van der Waals surface area contributed by atoms with Gasteiger partial charge in [0.25, 0.3) is 0 Å². The molecule has 0 amide bonds. The summed E-state index contributed by atoms with van der Waals surface area (Å²) in [5.74, 6) is 0.713. The summed E-state index contributed by atoms with van der Waals surface area (Å²) in [5, 5.41) is 0.527. The lowest BCUT2D eigenvalue weighted by Crippen LogP contribution is -2.10. The van der Waals surface area contributed by atoms with Crippen molar-refractivity contribution in [2.45, 2.75) is 20.5 Å². The fourth-order valence-electron chi connectivity index (χ4n) is 3.15. The average molecular weight is 356 g/mol. The minimum atomic E-state index is -0.150. The highest BCUT2D eigenvalue weighted by Gasteiger charge is 2.18. The summed E-state index contributed by atoms with van der Waals surface area (Å²) in [4.78, 5) is 13.1. The summed E-state index contributed by atoms with van der Waals surface area (Å²) in [5.41, 5.74) is 4.44. The van der Waals surface area contributed by atoms with Gasteiger partial charge in [-0.05, 0) is 37.1 Å². The molecule has 0 spiro atoms. The van der Waals surface area contributed by atoms with Crippen LogP contribution in [-0.2, 0) is 6.61 Å². The fraction of sp³-hybridized carbons (Fsp3) is 0.125. The number of ether oxygens (including phenoxy) is 1. The van der Waals surface area contributed by atoms with Crippen LogP contribution in [0.2, 0.25) is 0 Å². The Kier molecular flexibility index (Phi) is 4.51. The second-order valence-electron chi connectivity index (χ2n) is 6.73. The SMILES string of the molecule is Cc1cccc(COc2c(-c3ccccc3)oc3cc(C)ccc3c2=O)c1. The van der Waals surface area contributed by atoms with Crippen molar-refractivity contribution in [3.63, 3.8) is 0 Å². The van der Waals surface area contributed by atoms with Gasteiger partial charge in [0.05, 0.1) is 5.39 Å². The molecule has 0 saturated heterocycles. The Morgan fingerprint density at radius 2 is 1.63 bits per heavy atom. The fourth-order valence-corrected chi connectivity index (χ4v) is 3.15. The van der Waals surface area contributed by atoms with Crippen molar-refractivity contribution in [1.29, 1.82) is 0 Å². The van der Waals surface area contributed by atoms with Crippen LogP contribution in [0.25, 0.3) is 22.3 Å². The number of rotatable bonds is 4. The predicted octanol–water partition coefficient (Wildman–Crippen LogP) is 5.66. The van der Waals surface area contributed by atoms with Crippen molar-refractivity contribution >= 4 is 11.0 Å². The van der Waals surface area contributed by atoms with Gasteiger partial charge in [-0.2, -0.15) is 0 Å². The third kappa shape index (κ3) is 3.49. The molecule has 0 unspecified atom stereocenters. The van der Waals surface area contributed by atoms with Crippen LogP contribution in [0.15, 0.2) is 82.0 Å². The summed E-state index contributed by atoms with van der Waals surface area (Å²) in [6.45, 7) is 4.32. The Bertz CT molecular complexity index is 1160. The van der Waals surface area contributed by atoms with Gasteiger partial charge in [0, 0.05) is 5.56 Å². The van der Waals surface area contributed by atoms with Crippen LogP contribution in [0.3, 0.4) is 0 Å². The summed E-state index contributed by atoms with van der Waals surface area (Å²) < 4.78 is 12.1. The van der Waals surface area contributed by atoms with E-state index in [9.17, 15) is 4.79 Å². The van der Waals surface area contributed by atoms with Crippen molar-refractivity contribution in [3.8, 4) is 17.1 Å². The highest BCUT2D eigenvalue weighted by molar-refractivity contribution is 5.82. The van der Waals surface area contributed by atoms with Gasteiger partial charge in [0.2, 0.25) is 11.2 Å². The van der Waals surface area contributed by atoms with Crippen molar-refractivity contribution in [1.82, 2.24) is 0 Å². The monoisotopic (exact) mass is 356 g/mol. The number of hydrogen-bond donors (Lipinski definition) is 0. The number of hydrogen-bond acceptors (Lipinski definition) is 3. The largest absolute Gasteiger partial charge is 0.481 e. The van der Waals surface area contributed by atoms with E-state index < -0.39 is 0 Å². The number of fused-ring (bicyclic) bond motifs is 1. The first-order valence-electron chi connectivity index (χ1n) is 8.93. The predicted molar refractivity (Wildman–Crippen MR) is 108 cm³/mol. The van der Waals surface area contributed by atoms with Crippen LogP contribution in [0.5, 0.6) is 5.75 Å². The molecular formula is C24H20O3. The topological polar surface area (TPSA) is 39.4 Å². The van der Waals surface area contributed by atoms with Gasteiger partial charge < -0.3 is 9.15 Å². The van der Waals surface area contributed by atoms with Crippen molar-refractivity contribution in [3.05, 3.63) is 99.7 Å². The van der Waals surface area contributed by atoms with E-state index in [1.807, 2.05) is 80.6 Å². The van der Waals surface area contributed by atoms with E-state index in [4.69, 9.17) is 9.15 Å². The molecule has 0 aliphatic rings. The molecule has 1 heterocycles. The first kappa shape index (κ1) is 17.1. The van der Waals surface area contributed by atoms with E-state index in [2.05, 4.69) is 0 Å². The molecule has 4 rings (SSSR count). The van der Waals surface area contributed by atoms with Crippen LogP contribution in [-0.4, -0.2) is 0 Å². The standard InChI is InChI=1S/C24H20O3/c1-16-7-6-8-18(13-16)15-26-24-22(25)20-12-11-17(2)14-21(20)27-23(24)19-9-4-3-5-10-19/h3-14H,15H2,1-2H3. The molecule has 0 radical (unpaired) electrons. The third-order valence-electron chi connectivity index (χ3n) is 4.51. The highest BCUT2D eigenvalue weighted by atomic mass is 16.5. The number of benzene rings is 3. The maximum absolute atomic E-state index is 13.1. The van der Waals surface area contributed by atoms with E-state index in [1.165, 1.54) is 0 Å². The van der Waals surface area contributed by atoms with Gasteiger partial charge in [-0.3, -0.25) is 4.79 Å². The summed E-state index contributed by atoms with van der Waals surface area (Å²) in [6, 6.07) is 23.2. The molecule has 3 nitrogen and oxygen atoms in total. The zero-order chi connectivity index (χ0) is 18.8. The highest BCUT2D eigenvalue weighted by Crippen LogP contribution is 2.31.